The fourth-order valence-corrected chi connectivity index (χ4v) is 4.40. The lowest BCUT2D eigenvalue weighted by Gasteiger charge is -2.36. The van der Waals surface area contributed by atoms with Crippen LogP contribution in [0.2, 0.25) is 0 Å². The number of urea groups is 1. The topological polar surface area (TPSA) is 89.6 Å². The van der Waals surface area contributed by atoms with Crippen molar-refractivity contribution >= 4 is 23.5 Å². The molecule has 2 aliphatic heterocycles. The maximum atomic E-state index is 12.9. The zero-order chi connectivity index (χ0) is 21.3. The second-order valence-corrected chi connectivity index (χ2v) is 8.00. The van der Waals surface area contributed by atoms with Gasteiger partial charge in [-0.25, -0.2) is 9.69 Å². The number of imide groups is 1. The number of amides is 4. The van der Waals surface area contributed by atoms with Gasteiger partial charge in [0.1, 0.15) is 6.54 Å². The summed E-state index contributed by atoms with van der Waals surface area (Å²) in [4.78, 5) is 42.8. The van der Waals surface area contributed by atoms with Gasteiger partial charge in [0.25, 0.3) is 5.91 Å². The van der Waals surface area contributed by atoms with Crippen LogP contribution in [0.4, 0.5) is 10.5 Å². The van der Waals surface area contributed by atoms with Crippen molar-refractivity contribution in [2.24, 2.45) is 0 Å². The first-order valence-corrected chi connectivity index (χ1v) is 10.4. The highest BCUT2D eigenvalue weighted by Crippen LogP contribution is 2.26. The maximum absolute atomic E-state index is 12.9. The number of hydrogen-bond donors (Lipinski definition) is 1. The van der Waals surface area contributed by atoms with Crippen LogP contribution in [0.5, 0.6) is 0 Å². The van der Waals surface area contributed by atoms with Crippen LogP contribution in [0, 0.1) is 13.8 Å². The van der Waals surface area contributed by atoms with Crippen LogP contribution in [-0.4, -0.2) is 63.5 Å². The highest BCUT2D eigenvalue weighted by Gasteiger charge is 2.41. The van der Waals surface area contributed by atoms with E-state index in [9.17, 15) is 14.4 Å². The monoisotopic (exact) mass is 409 g/mol. The van der Waals surface area contributed by atoms with Gasteiger partial charge >= 0.3 is 6.03 Å². The van der Waals surface area contributed by atoms with Crippen molar-refractivity contribution in [1.29, 1.82) is 0 Å². The number of likely N-dealkylation sites (tertiary alicyclic amines) is 1. The molecule has 0 radical (unpaired) electrons. The molecule has 1 aromatic heterocycles. The Morgan fingerprint density at radius 3 is 2.47 bits per heavy atom. The number of piperidine rings is 1. The van der Waals surface area contributed by atoms with Crippen LogP contribution >= 0.6 is 0 Å². The van der Waals surface area contributed by atoms with Gasteiger partial charge in [-0.15, -0.1) is 0 Å². The fourth-order valence-electron chi connectivity index (χ4n) is 4.40. The summed E-state index contributed by atoms with van der Waals surface area (Å²) >= 11 is 0. The summed E-state index contributed by atoms with van der Waals surface area (Å²) < 4.78 is 0. The third kappa shape index (κ3) is 3.81. The molecule has 2 saturated heterocycles. The molecule has 2 aliphatic rings. The first kappa shape index (κ1) is 20.1. The fraction of sp³-hybridized carbons (Fsp3) is 0.455. The van der Waals surface area contributed by atoms with Crippen molar-refractivity contribution in [3.8, 4) is 0 Å². The van der Waals surface area contributed by atoms with Crippen molar-refractivity contribution in [2.75, 3.05) is 24.5 Å². The minimum atomic E-state index is -0.262. The lowest BCUT2D eigenvalue weighted by atomic mass is 10.0. The number of aromatic amines is 1. The molecule has 30 heavy (non-hydrogen) atoms. The summed E-state index contributed by atoms with van der Waals surface area (Å²) in [5.41, 5.74) is 3.67. The van der Waals surface area contributed by atoms with Crippen LogP contribution in [0.3, 0.4) is 0 Å². The number of aromatic nitrogens is 2. The Balaban J connectivity index is 1.32. The first-order chi connectivity index (χ1) is 14.5. The molecule has 1 aromatic carbocycles. The molecule has 4 amide bonds. The Labute approximate surface area is 175 Å². The van der Waals surface area contributed by atoms with Crippen LogP contribution < -0.4 is 4.90 Å². The minimum Gasteiger partial charge on any atom is -0.343 e. The molecule has 3 heterocycles. The highest BCUT2D eigenvalue weighted by atomic mass is 16.2. The molecule has 0 unspecified atom stereocenters. The number of benzene rings is 1. The van der Waals surface area contributed by atoms with E-state index < -0.39 is 0 Å². The number of nitrogens with zero attached hydrogens (tertiary/aromatic N) is 4. The summed E-state index contributed by atoms with van der Waals surface area (Å²) in [6.45, 7) is 5.23. The first-order valence-electron chi connectivity index (χ1n) is 10.4. The van der Waals surface area contributed by atoms with Crippen LogP contribution in [0.25, 0.3) is 0 Å². The molecule has 0 saturated carbocycles. The number of H-pyrrole nitrogens is 1. The Bertz CT molecular complexity index is 927. The van der Waals surface area contributed by atoms with E-state index in [0.29, 0.717) is 44.5 Å². The molecule has 2 fully saturated rings. The van der Waals surface area contributed by atoms with Crippen LogP contribution in [0.15, 0.2) is 30.3 Å². The molecule has 1 N–H and O–H groups in total. The normalized spacial score (nSPS) is 17.9. The predicted octanol–water partition coefficient (Wildman–Crippen LogP) is 2.42. The van der Waals surface area contributed by atoms with Gasteiger partial charge < -0.3 is 9.80 Å². The lowest BCUT2D eigenvalue weighted by Crippen LogP contribution is -2.48. The van der Waals surface area contributed by atoms with E-state index in [1.807, 2.05) is 36.9 Å². The van der Waals surface area contributed by atoms with Gasteiger partial charge in [-0.3, -0.25) is 14.7 Å². The van der Waals surface area contributed by atoms with Crippen molar-refractivity contribution in [3.05, 3.63) is 47.3 Å². The third-order valence-corrected chi connectivity index (χ3v) is 6.13. The molecule has 0 atom stereocenters. The standard InChI is InChI=1S/C22H27N5O3/c1-15-19(16(2)24-23-15)8-9-20(28)25-12-10-17(11-13-25)26-14-21(29)27(22(26)30)18-6-4-3-5-7-18/h3-7,17H,8-14H2,1-2H3,(H,23,24). The van der Waals surface area contributed by atoms with Crippen molar-refractivity contribution in [1.82, 2.24) is 20.0 Å². The van der Waals surface area contributed by atoms with E-state index in [-0.39, 0.29) is 30.4 Å². The molecule has 4 rings (SSSR count). The summed E-state index contributed by atoms with van der Waals surface area (Å²) in [6.07, 6.45) is 2.52. The largest absolute Gasteiger partial charge is 0.343 e. The predicted molar refractivity (Wildman–Crippen MR) is 112 cm³/mol. The van der Waals surface area contributed by atoms with Gasteiger partial charge in [0, 0.05) is 31.2 Å². The minimum absolute atomic E-state index is 0.0161. The number of carbonyl (C=O) groups is 3. The van der Waals surface area contributed by atoms with Gasteiger partial charge in [0.2, 0.25) is 5.91 Å². The molecule has 0 bridgehead atoms. The number of rotatable bonds is 5. The molecule has 158 valence electrons. The quantitative estimate of drug-likeness (QED) is 0.768. The summed E-state index contributed by atoms with van der Waals surface area (Å²) in [7, 11) is 0. The second-order valence-electron chi connectivity index (χ2n) is 8.00. The van der Waals surface area contributed by atoms with E-state index in [1.165, 1.54) is 4.90 Å². The number of anilines is 1. The van der Waals surface area contributed by atoms with E-state index in [2.05, 4.69) is 10.2 Å². The highest BCUT2D eigenvalue weighted by molar-refractivity contribution is 6.19. The molecule has 0 spiro atoms. The zero-order valence-electron chi connectivity index (χ0n) is 17.4. The number of carbonyl (C=O) groups excluding carboxylic acids is 3. The Hall–Kier alpha value is -3.16. The van der Waals surface area contributed by atoms with Crippen molar-refractivity contribution < 1.29 is 14.4 Å². The Morgan fingerprint density at radius 1 is 1.13 bits per heavy atom. The molecule has 2 aromatic rings. The van der Waals surface area contributed by atoms with Gasteiger partial charge in [-0.2, -0.15) is 5.10 Å². The Kier molecular flexibility index (Phi) is 5.57. The number of para-hydroxylation sites is 1. The van der Waals surface area contributed by atoms with Crippen LogP contribution in [0.1, 0.15) is 36.2 Å². The Morgan fingerprint density at radius 2 is 1.83 bits per heavy atom. The molecule has 8 nitrogen and oxygen atoms in total. The van der Waals surface area contributed by atoms with E-state index >= 15 is 0 Å². The van der Waals surface area contributed by atoms with Crippen molar-refractivity contribution in [2.45, 2.75) is 45.6 Å². The van der Waals surface area contributed by atoms with E-state index in [1.54, 1.807) is 17.0 Å². The van der Waals surface area contributed by atoms with Gasteiger partial charge in [-0.1, -0.05) is 18.2 Å². The second kappa shape index (κ2) is 8.30. The average Bonchev–Trinajstić information content (AvgIpc) is 3.24. The molecular weight excluding hydrogens is 382 g/mol. The van der Waals surface area contributed by atoms with E-state index in [4.69, 9.17) is 0 Å². The number of hydrogen-bond acceptors (Lipinski definition) is 4. The third-order valence-electron chi connectivity index (χ3n) is 6.13. The molecular formula is C22H27N5O3. The summed E-state index contributed by atoms with van der Waals surface area (Å²) in [6, 6.07) is 8.74. The molecule has 8 heteroatoms. The zero-order valence-corrected chi connectivity index (χ0v) is 17.4. The van der Waals surface area contributed by atoms with Crippen molar-refractivity contribution in [3.63, 3.8) is 0 Å². The van der Waals surface area contributed by atoms with E-state index in [0.717, 1.165) is 17.0 Å². The lowest BCUT2D eigenvalue weighted by molar-refractivity contribution is -0.132. The van der Waals surface area contributed by atoms with Crippen LogP contribution in [-0.2, 0) is 16.0 Å². The summed E-state index contributed by atoms with van der Waals surface area (Å²) in [5.74, 6) is -0.0706. The number of aryl methyl sites for hydroxylation is 2. The SMILES string of the molecule is Cc1n[nH]c(C)c1CCC(=O)N1CCC(N2CC(=O)N(c3ccccc3)C2=O)CC1. The van der Waals surface area contributed by atoms with Gasteiger partial charge in [0.15, 0.2) is 0 Å². The maximum Gasteiger partial charge on any atom is 0.332 e. The number of nitrogens with one attached hydrogen (secondary N) is 1. The smallest absolute Gasteiger partial charge is 0.332 e. The van der Waals surface area contributed by atoms with Gasteiger partial charge in [-0.05, 0) is 50.8 Å². The average molecular weight is 409 g/mol. The summed E-state index contributed by atoms with van der Waals surface area (Å²) in [5, 5.41) is 7.14. The van der Waals surface area contributed by atoms with Gasteiger partial charge in [0.05, 0.1) is 11.4 Å². The molecule has 0 aliphatic carbocycles.